The van der Waals surface area contributed by atoms with Gasteiger partial charge in [-0.3, -0.25) is 0 Å². The maximum Gasteiger partial charge on any atom is 0.113 e. The maximum absolute atomic E-state index is 13.1. The second-order valence-electron chi connectivity index (χ2n) is 3.45. The Kier molecular flexibility index (Phi) is 4.54. The Balaban J connectivity index is 2.11. The van der Waals surface area contributed by atoms with Gasteiger partial charge in [0.25, 0.3) is 0 Å². The van der Waals surface area contributed by atoms with E-state index in [9.17, 15) is 4.39 Å². The molecule has 12 heavy (non-hydrogen) atoms. The van der Waals surface area contributed by atoms with Gasteiger partial charge in [0, 0.05) is 19.8 Å². The maximum atomic E-state index is 13.1. The van der Waals surface area contributed by atoms with Gasteiger partial charge in [-0.2, -0.15) is 0 Å². The Bertz CT molecular complexity index is 115. The van der Waals surface area contributed by atoms with Crippen LogP contribution in [0, 0.1) is 5.92 Å². The smallest absolute Gasteiger partial charge is 0.113 e. The molecule has 0 aliphatic carbocycles. The molecule has 1 saturated heterocycles. The molecule has 1 N–H and O–H groups in total. The topological polar surface area (TPSA) is 21.3 Å². The molecule has 72 valence electrons. The highest BCUT2D eigenvalue weighted by molar-refractivity contribution is 4.69. The number of halogens is 1. The van der Waals surface area contributed by atoms with E-state index in [-0.39, 0.29) is 0 Å². The number of alkyl halides is 1. The highest BCUT2D eigenvalue weighted by Crippen LogP contribution is 2.20. The van der Waals surface area contributed by atoms with Crippen molar-refractivity contribution >= 4 is 0 Å². The van der Waals surface area contributed by atoms with Crippen molar-refractivity contribution in [3.8, 4) is 0 Å². The van der Waals surface area contributed by atoms with Crippen LogP contribution in [0.15, 0.2) is 0 Å². The molecule has 0 aromatic rings. The quantitative estimate of drug-likeness (QED) is 0.696. The highest BCUT2D eigenvalue weighted by atomic mass is 19.1. The van der Waals surface area contributed by atoms with Crippen molar-refractivity contribution in [3.05, 3.63) is 0 Å². The van der Waals surface area contributed by atoms with Crippen LogP contribution in [0.2, 0.25) is 0 Å². The molecule has 1 aliphatic rings. The van der Waals surface area contributed by atoms with Crippen molar-refractivity contribution in [3.63, 3.8) is 0 Å². The Hall–Kier alpha value is -0.150. The van der Waals surface area contributed by atoms with Gasteiger partial charge in [-0.15, -0.1) is 0 Å². The van der Waals surface area contributed by atoms with Crippen molar-refractivity contribution in [2.75, 3.05) is 26.8 Å². The van der Waals surface area contributed by atoms with E-state index in [2.05, 4.69) is 5.32 Å². The lowest BCUT2D eigenvalue weighted by molar-refractivity contribution is 0.0557. The lowest BCUT2D eigenvalue weighted by Crippen LogP contribution is -2.25. The van der Waals surface area contributed by atoms with E-state index in [1.807, 2.05) is 0 Å². The molecule has 1 heterocycles. The Morgan fingerprint density at radius 3 is 2.75 bits per heavy atom. The van der Waals surface area contributed by atoms with Crippen molar-refractivity contribution in [2.24, 2.45) is 5.92 Å². The zero-order valence-corrected chi connectivity index (χ0v) is 7.68. The van der Waals surface area contributed by atoms with Crippen LogP contribution in [0.5, 0.6) is 0 Å². The first-order valence-corrected chi connectivity index (χ1v) is 4.69. The van der Waals surface area contributed by atoms with Crippen molar-refractivity contribution < 1.29 is 9.13 Å². The van der Waals surface area contributed by atoms with Crippen LogP contribution in [-0.2, 0) is 4.74 Å². The molecule has 0 radical (unpaired) electrons. The molecule has 0 amide bonds. The molecular weight excluding hydrogens is 157 g/mol. The Morgan fingerprint density at radius 1 is 1.50 bits per heavy atom. The number of ether oxygens (including phenoxy) is 1. The van der Waals surface area contributed by atoms with Crippen LogP contribution in [0.25, 0.3) is 0 Å². The summed E-state index contributed by atoms with van der Waals surface area (Å²) in [5.74, 6) is 0.544. The molecular formula is C9H18FNO. The minimum Gasteiger partial charge on any atom is -0.381 e. The predicted molar refractivity (Wildman–Crippen MR) is 47.0 cm³/mol. The third kappa shape index (κ3) is 3.50. The van der Waals surface area contributed by atoms with Crippen LogP contribution < -0.4 is 5.32 Å². The summed E-state index contributed by atoms with van der Waals surface area (Å²) in [6.07, 6.45) is 2.08. The molecule has 0 spiro atoms. The summed E-state index contributed by atoms with van der Waals surface area (Å²) in [5, 5.41) is 2.85. The second-order valence-corrected chi connectivity index (χ2v) is 3.45. The lowest BCUT2D eigenvalue weighted by atomic mass is 9.94. The second kappa shape index (κ2) is 5.49. The van der Waals surface area contributed by atoms with Gasteiger partial charge in [-0.25, -0.2) is 4.39 Å². The first kappa shape index (κ1) is 9.93. The van der Waals surface area contributed by atoms with E-state index in [1.54, 1.807) is 7.05 Å². The largest absolute Gasteiger partial charge is 0.381 e. The van der Waals surface area contributed by atoms with Gasteiger partial charge in [0.05, 0.1) is 0 Å². The number of nitrogens with one attached hydrogen (secondary N) is 1. The average molecular weight is 175 g/mol. The molecule has 1 fully saturated rings. The average Bonchev–Trinajstić information content (AvgIpc) is 2.06. The fraction of sp³-hybridized carbons (Fsp3) is 1.00. The summed E-state index contributed by atoms with van der Waals surface area (Å²) >= 11 is 0. The molecule has 1 rings (SSSR count). The first-order chi connectivity index (χ1) is 5.83. The van der Waals surface area contributed by atoms with Gasteiger partial charge < -0.3 is 10.1 Å². The minimum atomic E-state index is -0.682. The summed E-state index contributed by atoms with van der Waals surface area (Å²) in [6.45, 7) is 2.12. The van der Waals surface area contributed by atoms with E-state index in [0.29, 0.717) is 18.9 Å². The van der Waals surface area contributed by atoms with E-state index in [0.717, 1.165) is 26.1 Å². The van der Waals surface area contributed by atoms with Gasteiger partial charge in [-0.05, 0) is 32.2 Å². The van der Waals surface area contributed by atoms with Crippen molar-refractivity contribution in [1.29, 1.82) is 0 Å². The normalized spacial score (nSPS) is 22.5. The van der Waals surface area contributed by atoms with E-state index in [4.69, 9.17) is 4.74 Å². The predicted octanol–water partition coefficient (Wildman–Crippen LogP) is 1.36. The lowest BCUT2D eigenvalue weighted by Gasteiger charge is -2.23. The van der Waals surface area contributed by atoms with E-state index < -0.39 is 6.17 Å². The van der Waals surface area contributed by atoms with Crippen LogP contribution in [0.1, 0.15) is 19.3 Å². The van der Waals surface area contributed by atoms with Crippen LogP contribution in [0.3, 0.4) is 0 Å². The summed E-state index contributed by atoms with van der Waals surface area (Å²) < 4.78 is 18.3. The molecule has 2 nitrogen and oxygen atoms in total. The first-order valence-electron chi connectivity index (χ1n) is 4.69. The van der Waals surface area contributed by atoms with Gasteiger partial charge in [0.15, 0.2) is 0 Å². The van der Waals surface area contributed by atoms with Gasteiger partial charge in [0.2, 0.25) is 0 Å². The molecule has 0 bridgehead atoms. The van der Waals surface area contributed by atoms with Crippen molar-refractivity contribution in [2.45, 2.75) is 25.4 Å². The van der Waals surface area contributed by atoms with Crippen LogP contribution in [-0.4, -0.2) is 33.0 Å². The summed E-state index contributed by atoms with van der Waals surface area (Å²) in [7, 11) is 1.79. The molecule has 1 atom stereocenters. The monoisotopic (exact) mass is 175 g/mol. The molecule has 0 saturated carbocycles. The molecule has 1 aliphatic heterocycles. The minimum absolute atomic E-state index is 0.483. The number of hydrogen-bond donors (Lipinski definition) is 1. The summed E-state index contributed by atoms with van der Waals surface area (Å²) in [4.78, 5) is 0. The zero-order chi connectivity index (χ0) is 8.81. The third-order valence-electron chi connectivity index (χ3n) is 2.36. The Morgan fingerprint density at radius 2 is 2.17 bits per heavy atom. The fourth-order valence-corrected chi connectivity index (χ4v) is 1.65. The Labute approximate surface area is 73.5 Å². The SMILES string of the molecule is CNC[C@@H](F)CC1CCOCC1. The molecule has 3 heteroatoms. The van der Waals surface area contributed by atoms with Gasteiger partial charge >= 0.3 is 0 Å². The highest BCUT2D eigenvalue weighted by Gasteiger charge is 2.18. The standard InChI is InChI=1S/C9H18FNO/c1-11-7-9(10)6-8-2-4-12-5-3-8/h8-9,11H,2-7H2,1H3/t9-/m0/s1. The number of rotatable bonds is 4. The van der Waals surface area contributed by atoms with Gasteiger partial charge in [-0.1, -0.05) is 0 Å². The van der Waals surface area contributed by atoms with E-state index >= 15 is 0 Å². The summed E-state index contributed by atoms with van der Waals surface area (Å²) in [5.41, 5.74) is 0. The summed E-state index contributed by atoms with van der Waals surface area (Å²) in [6, 6.07) is 0. The molecule has 0 aromatic carbocycles. The van der Waals surface area contributed by atoms with Crippen molar-refractivity contribution in [1.82, 2.24) is 5.32 Å². The third-order valence-corrected chi connectivity index (χ3v) is 2.36. The molecule has 0 aromatic heterocycles. The van der Waals surface area contributed by atoms with Gasteiger partial charge in [0.1, 0.15) is 6.17 Å². The number of hydrogen-bond acceptors (Lipinski definition) is 2. The van der Waals surface area contributed by atoms with Crippen LogP contribution >= 0.6 is 0 Å². The zero-order valence-electron chi connectivity index (χ0n) is 7.68. The van der Waals surface area contributed by atoms with Crippen LogP contribution in [0.4, 0.5) is 4.39 Å². The van der Waals surface area contributed by atoms with E-state index in [1.165, 1.54) is 0 Å². The molecule has 0 unspecified atom stereocenters. The fourth-order valence-electron chi connectivity index (χ4n) is 1.65.